The maximum absolute atomic E-state index is 3.74. The molecule has 0 unspecified atom stereocenters. The average molecular weight is 279 g/mol. The molecular formula is C13H29BrN+. The van der Waals surface area contributed by atoms with Gasteiger partial charge in [-0.2, -0.15) is 0 Å². The normalized spacial score (nSPS) is 12.0. The summed E-state index contributed by atoms with van der Waals surface area (Å²) in [7, 11) is 0. The van der Waals surface area contributed by atoms with Crippen LogP contribution in [-0.4, -0.2) is 29.6 Å². The molecule has 0 heterocycles. The van der Waals surface area contributed by atoms with Gasteiger partial charge in [0.15, 0.2) is 0 Å². The molecule has 0 aliphatic carbocycles. The zero-order valence-electron chi connectivity index (χ0n) is 10.9. The van der Waals surface area contributed by atoms with Crippen LogP contribution in [-0.2, 0) is 0 Å². The molecule has 0 fully saturated rings. The molecule has 0 rings (SSSR count). The van der Waals surface area contributed by atoms with Crippen molar-refractivity contribution in [3.05, 3.63) is 0 Å². The minimum atomic E-state index is 1.15. The second kappa shape index (κ2) is 9.65. The van der Waals surface area contributed by atoms with Crippen LogP contribution in [0.3, 0.4) is 0 Å². The highest BCUT2D eigenvalue weighted by molar-refractivity contribution is 9.09. The zero-order valence-corrected chi connectivity index (χ0v) is 12.5. The van der Waals surface area contributed by atoms with Gasteiger partial charge in [-0.15, -0.1) is 0 Å². The number of nitrogens with zero attached hydrogens (tertiary/aromatic N) is 1. The number of unbranched alkanes of at least 4 members (excludes halogenated alkanes) is 3. The Balaban J connectivity index is 4.16. The molecule has 0 N–H and O–H groups in total. The van der Waals surface area contributed by atoms with Gasteiger partial charge in [0.25, 0.3) is 0 Å². The first-order valence-corrected chi connectivity index (χ1v) is 7.77. The van der Waals surface area contributed by atoms with Gasteiger partial charge in [-0.3, -0.25) is 0 Å². The SMILES string of the molecule is CCCC[N+](CBr)(CCCC)CCCC. The Kier molecular flexibility index (Phi) is 9.93. The van der Waals surface area contributed by atoms with Crippen molar-refractivity contribution < 1.29 is 4.48 Å². The first-order chi connectivity index (χ1) is 7.24. The van der Waals surface area contributed by atoms with Gasteiger partial charge in [-0.25, -0.2) is 0 Å². The van der Waals surface area contributed by atoms with E-state index in [2.05, 4.69) is 36.7 Å². The lowest BCUT2D eigenvalue weighted by Crippen LogP contribution is -2.49. The summed E-state index contributed by atoms with van der Waals surface area (Å²) in [6.07, 6.45) is 8.10. The van der Waals surface area contributed by atoms with Crippen LogP contribution < -0.4 is 0 Å². The van der Waals surface area contributed by atoms with Crippen LogP contribution in [0.2, 0.25) is 0 Å². The lowest BCUT2D eigenvalue weighted by Gasteiger charge is -2.37. The summed E-state index contributed by atoms with van der Waals surface area (Å²) in [4.78, 5) is 0. The Hall–Kier alpha value is 0.440. The number of rotatable bonds is 10. The highest BCUT2D eigenvalue weighted by atomic mass is 79.9. The van der Waals surface area contributed by atoms with Gasteiger partial charge in [-0.1, -0.05) is 40.0 Å². The quantitative estimate of drug-likeness (QED) is 0.312. The summed E-state index contributed by atoms with van der Waals surface area (Å²) in [5, 5.41) is 0. The van der Waals surface area contributed by atoms with Gasteiger partial charge < -0.3 is 4.48 Å². The molecule has 0 saturated heterocycles. The molecule has 0 atom stereocenters. The third kappa shape index (κ3) is 6.57. The van der Waals surface area contributed by atoms with Gasteiger partial charge in [0.2, 0.25) is 0 Å². The molecule has 0 aromatic heterocycles. The number of halogens is 1. The van der Waals surface area contributed by atoms with Crippen LogP contribution in [0, 0.1) is 0 Å². The van der Waals surface area contributed by atoms with Gasteiger partial charge in [0, 0.05) is 0 Å². The molecule has 0 amide bonds. The van der Waals surface area contributed by atoms with E-state index in [1.807, 2.05) is 0 Å². The minimum Gasteiger partial charge on any atom is -0.315 e. The molecular weight excluding hydrogens is 250 g/mol. The van der Waals surface area contributed by atoms with Crippen molar-refractivity contribution in [2.24, 2.45) is 0 Å². The molecule has 2 heteroatoms. The Morgan fingerprint density at radius 1 is 0.733 bits per heavy atom. The van der Waals surface area contributed by atoms with E-state index in [4.69, 9.17) is 0 Å². The van der Waals surface area contributed by atoms with Crippen molar-refractivity contribution >= 4 is 15.9 Å². The second-order valence-corrected chi connectivity index (χ2v) is 5.19. The fraction of sp³-hybridized carbons (Fsp3) is 1.00. The van der Waals surface area contributed by atoms with E-state index in [1.165, 1.54) is 62.6 Å². The van der Waals surface area contributed by atoms with Crippen LogP contribution in [0.25, 0.3) is 0 Å². The van der Waals surface area contributed by atoms with Crippen molar-refractivity contribution in [3.63, 3.8) is 0 Å². The first kappa shape index (κ1) is 15.4. The molecule has 92 valence electrons. The number of alkyl halides is 1. The molecule has 0 saturated carbocycles. The zero-order chi connectivity index (χ0) is 11.6. The summed E-state index contributed by atoms with van der Waals surface area (Å²) in [6, 6.07) is 0. The van der Waals surface area contributed by atoms with Gasteiger partial charge in [-0.05, 0) is 35.2 Å². The lowest BCUT2D eigenvalue weighted by molar-refractivity contribution is -0.915. The van der Waals surface area contributed by atoms with Crippen molar-refractivity contribution in [2.75, 3.05) is 25.1 Å². The molecule has 0 aromatic rings. The maximum Gasteiger partial charge on any atom is 0.134 e. The first-order valence-electron chi connectivity index (χ1n) is 6.65. The Morgan fingerprint density at radius 3 is 1.27 bits per heavy atom. The number of hydrogen-bond donors (Lipinski definition) is 0. The maximum atomic E-state index is 3.74. The second-order valence-electron chi connectivity index (χ2n) is 4.69. The molecule has 0 spiro atoms. The molecule has 0 bridgehead atoms. The summed E-state index contributed by atoms with van der Waals surface area (Å²) in [6.45, 7) is 11.0. The smallest absolute Gasteiger partial charge is 0.134 e. The average Bonchev–Trinajstić information content (AvgIpc) is 2.29. The minimum absolute atomic E-state index is 1.15. The largest absolute Gasteiger partial charge is 0.315 e. The van der Waals surface area contributed by atoms with Gasteiger partial charge >= 0.3 is 0 Å². The molecule has 0 radical (unpaired) electrons. The predicted octanol–water partition coefficient (Wildman–Crippen LogP) is 4.56. The van der Waals surface area contributed by atoms with E-state index < -0.39 is 0 Å². The van der Waals surface area contributed by atoms with Crippen molar-refractivity contribution in [3.8, 4) is 0 Å². The third-order valence-corrected chi connectivity index (χ3v) is 4.28. The van der Waals surface area contributed by atoms with Crippen LogP contribution in [0.1, 0.15) is 59.3 Å². The molecule has 0 aliphatic rings. The lowest BCUT2D eigenvalue weighted by atomic mass is 10.2. The van der Waals surface area contributed by atoms with Crippen molar-refractivity contribution in [1.82, 2.24) is 0 Å². The molecule has 0 aliphatic heterocycles. The van der Waals surface area contributed by atoms with Gasteiger partial charge in [0.05, 0.1) is 19.6 Å². The van der Waals surface area contributed by atoms with Crippen LogP contribution in [0.4, 0.5) is 0 Å². The third-order valence-electron chi connectivity index (χ3n) is 3.21. The Labute approximate surface area is 105 Å². The molecule has 1 nitrogen and oxygen atoms in total. The fourth-order valence-electron chi connectivity index (χ4n) is 2.00. The van der Waals surface area contributed by atoms with E-state index in [9.17, 15) is 0 Å². The summed E-state index contributed by atoms with van der Waals surface area (Å²) in [5.41, 5.74) is 1.15. The van der Waals surface area contributed by atoms with Crippen LogP contribution in [0.15, 0.2) is 0 Å². The van der Waals surface area contributed by atoms with E-state index in [0.29, 0.717) is 0 Å². The highest BCUT2D eigenvalue weighted by Crippen LogP contribution is 2.16. The Bertz CT molecular complexity index is 115. The van der Waals surface area contributed by atoms with E-state index in [1.54, 1.807) is 0 Å². The standard InChI is InChI=1S/C13H29BrN/c1-4-7-10-15(13-14,11-8-5-2)12-9-6-3/h4-13H2,1-3H3/q+1. The fourth-order valence-corrected chi connectivity index (χ4v) is 2.75. The molecule has 15 heavy (non-hydrogen) atoms. The molecule has 0 aromatic carbocycles. The highest BCUT2D eigenvalue weighted by Gasteiger charge is 2.23. The van der Waals surface area contributed by atoms with E-state index >= 15 is 0 Å². The van der Waals surface area contributed by atoms with E-state index in [0.717, 1.165) is 5.45 Å². The summed E-state index contributed by atoms with van der Waals surface area (Å²) in [5.74, 6) is 0. The topological polar surface area (TPSA) is 0 Å². The van der Waals surface area contributed by atoms with Crippen LogP contribution in [0.5, 0.6) is 0 Å². The van der Waals surface area contributed by atoms with Crippen molar-refractivity contribution in [2.45, 2.75) is 59.3 Å². The number of quaternary nitrogens is 1. The Morgan fingerprint density at radius 2 is 1.07 bits per heavy atom. The van der Waals surface area contributed by atoms with E-state index in [-0.39, 0.29) is 0 Å². The summed E-state index contributed by atoms with van der Waals surface area (Å²) < 4.78 is 1.30. The van der Waals surface area contributed by atoms with Gasteiger partial charge in [0.1, 0.15) is 5.45 Å². The summed E-state index contributed by atoms with van der Waals surface area (Å²) >= 11 is 3.74. The monoisotopic (exact) mass is 278 g/mol. The van der Waals surface area contributed by atoms with Crippen LogP contribution >= 0.6 is 15.9 Å². The number of hydrogen-bond acceptors (Lipinski definition) is 0. The predicted molar refractivity (Wildman–Crippen MR) is 73.4 cm³/mol. The van der Waals surface area contributed by atoms with Crippen molar-refractivity contribution in [1.29, 1.82) is 0 Å².